The van der Waals surface area contributed by atoms with Crippen LogP contribution in [-0.4, -0.2) is 19.2 Å². The molecule has 0 amide bonds. The van der Waals surface area contributed by atoms with Gasteiger partial charge in [0, 0.05) is 11.4 Å². The normalized spacial score (nSPS) is 11.7. The standard InChI is InChI=1S/C17H18N2O2S3/c1-13-16(23-17(19-13)15-8-5-10-22-15)12-18-24(20,21)11-9-14-6-3-2-4-7-14/h2-8,10,18H,9,11-12H2,1H3. The molecule has 0 fully saturated rings. The number of nitrogens with one attached hydrogen (secondary N) is 1. The zero-order valence-electron chi connectivity index (χ0n) is 13.2. The fourth-order valence-corrected chi connectivity index (χ4v) is 5.15. The van der Waals surface area contributed by atoms with E-state index in [1.807, 2.05) is 54.8 Å². The van der Waals surface area contributed by atoms with E-state index in [-0.39, 0.29) is 5.75 Å². The molecule has 0 saturated heterocycles. The topological polar surface area (TPSA) is 59.1 Å². The lowest BCUT2D eigenvalue weighted by Crippen LogP contribution is -2.26. The second-order valence-electron chi connectivity index (χ2n) is 5.38. The molecular weight excluding hydrogens is 360 g/mol. The van der Waals surface area contributed by atoms with Gasteiger partial charge in [-0.05, 0) is 30.4 Å². The van der Waals surface area contributed by atoms with Crippen molar-refractivity contribution in [3.63, 3.8) is 0 Å². The van der Waals surface area contributed by atoms with E-state index in [0.717, 1.165) is 26.0 Å². The first-order valence-electron chi connectivity index (χ1n) is 7.55. The molecule has 24 heavy (non-hydrogen) atoms. The van der Waals surface area contributed by atoms with Gasteiger partial charge in [0.2, 0.25) is 10.0 Å². The fraction of sp³-hybridized carbons (Fsp3) is 0.235. The SMILES string of the molecule is Cc1nc(-c2cccs2)sc1CNS(=O)(=O)CCc1ccccc1. The lowest BCUT2D eigenvalue weighted by Gasteiger charge is -2.06. The Morgan fingerprint density at radius 1 is 1.12 bits per heavy atom. The highest BCUT2D eigenvalue weighted by Gasteiger charge is 2.14. The largest absolute Gasteiger partial charge is 0.240 e. The van der Waals surface area contributed by atoms with Gasteiger partial charge in [-0.2, -0.15) is 0 Å². The number of aromatic nitrogens is 1. The molecule has 0 aliphatic heterocycles. The molecule has 2 heterocycles. The third-order valence-corrected chi connectivity index (χ3v) is 7.10. The predicted octanol–water partition coefficient (Wildman–Crippen LogP) is 3.84. The highest BCUT2D eigenvalue weighted by atomic mass is 32.2. The first-order chi connectivity index (χ1) is 11.5. The molecule has 1 N–H and O–H groups in total. The van der Waals surface area contributed by atoms with Gasteiger partial charge in [0.1, 0.15) is 5.01 Å². The Kier molecular flexibility index (Phi) is 5.45. The Labute approximate surface area is 150 Å². The summed E-state index contributed by atoms with van der Waals surface area (Å²) >= 11 is 3.18. The van der Waals surface area contributed by atoms with Gasteiger partial charge in [-0.3, -0.25) is 0 Å². The van der Waals surface area contributed by atoms with Crippen molar-refractivity contribution >= 4 is 32.7 Å². The molecule has 1 aromatic carbocycles. The van der Waals surface area contributed by atoms with E-state index in [0.29, 0.717) is 13.0 Å². The Bertz CT molecular complexity index is 885. The van der Waals surface area contributed by atoms with Crippen LogP contribution in [0.1, 0.15) is 16.1 Å². The van der Waals surface area contributed by atoms with Crippen LogP contribution in [0.4, 0.5) is 0 Å². The lowest BCUT2D eigenvalue weighted by atomic mass is 10.2. The molecule has 3 rings (SSSR count). The van der Waals surface area contributed by atoms with Gasteiger partial charge in [-0.1, -0.05) is 36.4 Å². The van der Waals surface area contributed by atoms with E-state index < -0.39 is 10.0 Å². The van der Waals surface area contributed by atoms with Crippen LogP contribution < -0.4 is 4.72 Å². The molecule has 0 aliphatic rings. The van der Waals surface area contributed by atoms with Crippen LogP contribution in [0.15, 0.2) is 47.8 Å². The first-order valence-corrected chi connectivity index (χ1v) is 10.9. The number of hydrogen-bond acceptors (Lipinski definition) is 5. The molecule has 126 valence electrons. The van der Waals surface area contributed by atoms with Gasteiger partial charge in [-0.15, -0.1) is 22.7 Å². The molecular formula is C17H18N2O2S3. The van der Waals surface area contributed by atoms with E-state index in [1.54, 1.807) is 22.7 Å². The molecule has 0 spiro atoms. The third kappa shape index (κ3) is 4.51. The summed E-state index contributed by atoms with van der Waals surface area (Å²) in [5.41, 5.74) is 1.91. The summed E-state index contributed by atoms with van der Waals surface area (Å²) in [5.74, 6) is 0.0899. The van der Waals surface area contributed by atoms with E-state index >= 15 is 0 Å². The maximum absolute atomic E-state index is 12.2. The van der Waals surface area contributed by atoms with Crippen molar-refractivity contribution in [2.45, 2.75) is 19.9 Å². The van der Waals surface area contributed by atoms with Gasteiger partial charge in [0.25, 0.3) is 0 Å². The minimum atomic E-state index is -3.31. The van der Waals surface area contributed by atoms with Crippen molar-refractivity contribution in [3.8, 4) is 9.88 Å². The summed E-state index contributed by atoms with van der Waals surface area (Å²) in [6.45, 7) is 2.22. The highest BCUT2D eigenvalue weighted by molar-refractivity contribution is 7.89. The van der Waals surface area contributed by atoms with Crippen LogP contribution in [-0.2, 0) is 23.0 Å². The second-order valence-corrected chi connectivity index (χ2v) is 9.34. The van der Waals surface area contributed by atoms with Crippen LogP contribution in [0.2, 0.25) is 0 Å². The van der Waals surface area contributed by atoms with Crippen molar-refractivity contribution in [2.24, 2.45) is 0 Å². The molecule has 0 unspecified atom stereocenters. The van der Waals surface area contributed by atoms with Gasteiger partial charge < -0.3 is 0 Å². The van der Waals surface area contributed by atoms with Gasteiger partial charge >= 0.3 is 0 Å². The van der Waals surface area contributed by atoms with E-state index in [4.69, 9.17) is 0 Å². The third-order valence-electron chi connectivity index (χ3n) is 3.58. The highest BCUT2D eigenvalue weighted by Crippen LogP contribution is 2.31. The predicted molar refractivity (Wildman–Crippen MR) is 101 cm³/mol. The van der Waals surface area contributed by atoms with Crippen LogP contribution >= 0.6 is 22.7 Å². The number of rotatable bonds is 7. The average Bonchev–Trinajstić information content (AvgIpc) is 3.22. The molecule has 0 bridgehead atoms. The van der Waals surface area contributed by atoms with E-state index in [1.165, 1.54) is 0 Å². The molecule has 3 aromatic rings. The summed E-state index contributed by atoms with van der Waals surface area (Å²) in [6.07, 6.45) is 0.512. The Morgan fingerprint density at radius 3 is 2.62 bits per heavy atom. The molecule has 0 saturated carbocycles. The fourth-order valence-electron chi connectivity index (χ4n) is 2.24. The Hall–Kier alpha value is -1.54. The minimum absolute atomic E-state index is 0.0899. The summed E-state index contributed by atoms with van der Waals surface area (Å²) in [6, 6.07) is 13.7. The first kappa shape index (κ1) is 17.3. The molecule has 2 aromatic heterocycles. The number of aryl methyl sites for hydroxylation is 2. The Morgan fingerprint density at radius 2 is 1.92 bits per heavy atom. The van der Waals surface area contributed by atoms with Crippen LogP contribution in [0.5, 0.6) is 0 Å². The number of thiazole rings is 1. The molecule has 0 atom stereocenters. The number of benzene rings is 1. The Balaban J connectivity index is 1.60. The van der Waals surface area contributed by atoms with E-state index in [2.05, 4.69) is 9.71 Å². The number of thiophene rings is 1. The average molecular weight is 379 g/mol. The van der Waals surface area contributed by atoms with Crippen molar-refractivity contribution in [1.82, 2.24) is 9.71 Å². The lowest BCUT2D eigenvalue weighted by molar-refractivity contribution is 0.581. The maximum Gasteiger partial charge on any atom is 0.212 e. The smallest absolute Gasteiger partial charge is 0.212 e. The maximum atomic E-state index is 12.2. The van der Waals surface area contributed by atoms with Crippen molar-refractivity contribution in [3.05, 3.63) is 64.0 Å². The van der Waals surface area contributed by atoms with Gasteiger partial charge in [0.15, 0.2) is 0 Å². The van der Waals surface area contributed by atoms with Crippen LogP contribution in [0, 0.1) is 6.92 Å². The monoisotopic (exact) mass is 378 g/mol. The van der Waals surface area contributed by atoms with Gasteiger partial charge in [0.05, 0.1) is 16.3 Å². The quantitative estimate of drug-likeness (QED) is 0.679. The zero-order valence-corrected chi connectivity index (χ0v) is 15.7. The number of sulfonamides is 1. The number of nitrogens with zero attached hydrogens (tertiary/aromatic N) is 1. The summed E-state index contributed by atoms with van der Waals surface area (Å²) in [5, 5.41) is 2.96. The molecule has 7 heteroatoms. The zero-order chi connectivity index (χ0) is 17.0. The van der Waals surface area contributed by atoms with Crippen molar-refractivity contribution in [2.75, 3.05) is 5.75 Å². The molecule has 0 aliphatic carbocycles. The summed E-state index contributed by atoms with van der Waals surface area (Å²) in [7, 11) is -3.31. The van der Waals surface area contributed by atoms with E-state index in [9.17, 15) is 8.42 Å². The van der Waals surface area contributed by atoms with Crippen LogP contribution in [0.25, 0.3) is 9.88 Å². The summed E-state index contributed by atoms with van der Waals surface area (Å²) < 4.78 is 27.1. The summed E-state index contributed by atoms with van der Waals surface area (Å²) in [4.78, 5) is 6.61. The minimum Gasteiger partial charge on any atom is -0.240 e. The second kappa shape index (κ2) is 7.57. The van der Waals surface area contributed by atoms with Crippen molar-refractivity contribution < 1.29 is 8.42 Å². The number of hydrogen-bond donors (Lipinski definition) is 1. The van der Waals surface area contributed by atoms with Crippen molar-refractivity contribution in [1.29, 1.82) is 0 Å². The van der Waals surface area contributed by atoms with Gasteiger partial charge in [-0.25, -0.2) is 18.1 Å². The van der Waals surface area contributed by atoms with Crippen LogP contribution in [0.3, 0.4) is 0 Å². The molecule has 0 radical (unpaired) electrons. The molecule has 4 nitrogen and oxygen atoms in total.